The van der Waals surface area contributed by atoms with Gasteiger partial charge in [0.05, 0.1) is 5.56 Å². The molecule has 0 fully saturated rings. The third-order valence-corrected chi connectivity index (χ3v) is 3.30. The number of thiophene rings is 1. The third-order valence-electron chi connectivity index (χ3n) is 2.23. The van der Waals surface area contributed by atoms with Gasteiger partial charge in [0.2, 0.25) is 0 Å². The maximum absolute atomic E-state index is 10.8. The molecule has 0 spiro atoms. The van der Waals surface area contributed by atoms with Crippen LogP contribution in [-0.4, -0.2) is 11.1 Å². The molecule has 15 heavy (non-hydrogen) atoms. The Balaban J connectivity index is 2.50. The number of carboxylic acids is 1. The van der Waals surface area contributed by atoms with Crippen LogP contribution in [0, 0.1) is 6.92 Å². The summed E-state index contributed by atoms with van der Waals surface area (Å²) in [5.41, 5.74) is 2.49. The Morgan fingerprint density at radius 2 is 2.13 bits per heavy atom. The van der Waals surface area contributed by atoms with Crippen LogP contribution in [0.15, 0.2) is 35.7 Å². The second kappa shape index (κ2) is 3.87. The van der Waals surface area contributed by atoms with Gasteiger partial charge in [-0.15, -0.1) is 11.3 Å². The molecule has 0 radical (unpaired) electrons. The van der Waals surface area contributed by atoms with Crippen molar-refractivity contribution in [2.75, 3.05) is 0 Å². The van der Waals surface area contributed by atoms with E-state index in [-0.39, 0.29) is 0 Å². The van der Waals surface area contributed by atoms with Gasteiger partial charge in [-0.25, -0.2) is 4.79 Å². The van der Waals surface area contributed by atoms with Crippen molar-refractivity contribution >= 4 is 17.3 Å². The molecule has 0 atom stereocenters. The van der Waals surface area contributed by atoms with Crippen LogP contribution in [0.25, 0.3) is 10.4 Å². The monoisotopic (exact) mass is 218 g/mol. The smallest absolute Gasteiger partial charge is 0.335 e. The molecule has 0 bridgehead atoms. The third kappa shape index (κ3) is 1.92. The van der Waals surface area contributed by atoms with Crippen molar-refractivity contribution in [3.05, 3.63) is 46.8 Å². The largest absolute Gasteiger partial charge is 0.478 e. The van der Waals surface area contributed by atoms with Gasteiger partial charge in [0.1, 0.15) is 0 Å². The molecule has 76 valence electrons. The zero-order valence-corrected chi connectivity index (χ0v) is 9.04. The van der Waals surface area contributed by atoms with Gasteiger partial charge < -0.3 is 5.11 Å². The van der Waals surface area contributed by atoms with E-state index in [9.17, 15) is 4.79 Å². The summed E-state index contributed by atoms with van der Waals surface area (Å²) >= 11 is 1.63. The van der Waals surface area contributed by atoms with E-state index in [4.69, 9.17) is 5.11 Å². The molecule has 2 nitrogen and oxygen atoms in total. The first-order valence-corrected chi connectivity index (χ1v) is 5.44. The lowest BCUT2D eigenvalue weighted by Gasteiger charge is -2.01. The second-order valence-electron chi connectivity index (χ2n) is 3.32. The highest BCUT2D eigenvalue weighted by atomic mass is 32.1. The maximum atomic E-state index is 10.8. The topological polar surface area (TPSA) is 37.3 Å². The van der Waals surface area contributed by atoms with E-state index >= 15 is 0 Å². The number of hydrogen-bond acceptors (Lipinski definition) is 2. The van der Waals surface area contributed by atoms with E-state index in [0.29, 0.717) is 5.56 Å². The summed E-state index contributed by atoms with van der Waals surface area (Å²) in [6, 6.07) is 9.06. The molecule has 0 unspecified atom stereocenters. The van der Waals surface area contributed by atoms with Crippen molar-refractivity contribution in [3.63, 3.8) is 0 Å². The van der Waals surface area contributed by atoms with Crippen molar-refractivity contribution in [1.82, 2.24) is 0 Å². The zero-order valence-electron chi connectivity index (χ0n) is 8.23. The van der Waals surface area contributed by atoms with Gasteiger partial charge in [-0.3, -0.25) is 0 Å². The SMILES string of the molecule is Cc1ccsc1-c1cccc(C(=O)O)c1. The summed E-state index contributed by atoms with van der Waals surface area (Å²) < 4.78 is 0. The van der Waals surface area contributed by atoms with Crippen LogP contribution in [-0.2, 0) is 0 Å². The predicted molar refractivity (Wildman–Crippen MR) is 61.5 cm³/mol. The number of carbonyl (C=O) groups is 1. The first-order chi connectivity index (χ1) is 7.18. The normalized spacial score (nSPS) is 10.2. The van der Waals surface area contributed by atoms with Crippen LogP contribution < -0.4 is 0 Å². The molecule has 0 saturated heterocycles. The maximum Gasteiger partial charge on any atom is 0.335 e. The molecule has 1 N–H and O–H groups in total. The fourth-order valence-corrected chi connectivity index (χ4v) is 2.39. The van der Waals surface area contributed by atoms with Crippen LogP contribution in [0.3, 0.4) is 0 Å². The lowest BCUT2D eigenvalue weighted by Crippen LogP contribution is -1.95. The summed E-state index contributed by atoms with van der Waals surface area (Å²) in [7, 11) is 0. The zero-order chi connectivity index (χ0) is 10.8. The minimum Gasteiger partial charge on any atom is -0.478 e. The molecule has 2 rings (SSSR count). The van der Waals surface area contributed by atoms with Crippen LogP contribution in [0.5, 0.6) is 0 Å². The van der Waals surface area contributed by atoms with E-state index in [1.807, 2.05) is 24.4 Å². The average molecular weight is 218 g/mol. The fourth-order valence-electron chi connectivity index (χ4n) is 1.46. The highest BCUT2D eigenvalue weighted by Gasteiger charge is 2.07. The number of rotatable bonds is 2. The Morgan fingerprint density at radius 3 is 2.73 bits per heavy atom. The standard InChI is InChI=1S/C12H10O2S/c1-8-5-6-15-11(8)9-3-2-4-10(7-9)12(13)14/h2-7H,1H3,(H,13,14). The van der Waals surface area contributed by atoms with Crippen molar-refractivity contribution in [2.24, 2.45) is 0 Å². The van der Waals surface area contributed by atoms with Crippen LogP contribution in [0.2, 0.25) is 0 Å². The van der Waals surface area contributed by atoms with Crippen molar-refractivity contribution in [3.8, 4) is 10.4 Å². The predicted octanol–water partition coefficient (Wildman–Crippen LogP) is 3.42. The molecule has 0 amide bonds. The Bertz CT molecular complexity index is 500. The summed E-state index contributed by atoms with van der Waals surface area (Å²) in [5, 5.41) is 10.9. The van der Waals surface area contributed by atoms with Gasteiger partial charge in [0, 0.05) is 4.88 Å². The number of benzene rings is 1. The van der Waals surface area contributed by atoms with E-state index in [0.717, 1.165) is 10.4 Å². The fraction of sp³-hybridized carbons (Fsp3) is 0.0833. The van der Waals surface area contributed by atoms with E-state index in [1.54, 1.807) is 29.5 Å². The van der Waals surface area contributed by atoms with Gasteiger partial charge in [0.25, 0.3) is 0 Å². The number of hydrogen-bond donors (Lipinski definition) is 1. The number of aromatic carboxylic acids is 1. The minimum absolute atomic E-state index is 0.334. The quantitative estimate of drug-likeness (QED) is 0.838. The average Bonchev–Trinajstić information content (AvgIpc) is 2.64. The molecule has 2 aromatic rings. The van der Waals surface area contributed by atoms with Gasteiger partial charge in [0.15, 0.2) is 0 Å². The van der Waals surface area contributed by atoms with Gasteiger partial charge >= 0.3 is 5.97 Å². The Hall–Kier alpha value is -1.61. The summed E-state index contributed by atoms with van der Waals surface area (Å²) in [6.07, 6.45) is 0. The molecule has 0 aliphatic rings. The van der Waals surface area contributed by atoms with Crippen LogP contribution >= 0.6 is 11.3 Å². The number of aryl methyl sites for hydroxylation is 1. The van der Waals surface area contributed by atoms with E-state index in [1.165, 1.54) is 5.56 Å². The Kier molecular flexibility index (Phi) is 2.56. The van der Waals surface area contributed by atoms with Gasteiger partial charge in [-0.2, -0.15) is 0 Å². The van der Waals surface area contributed by atoms with Gasteiger partial charge in [-0.1, -0.05) is 12.1 Å². The van der Waals surface area contributed by atoms with Crippen molar-refractivity contribution < 1.29 is 9.90 Å². The number of carboxylic acid groups (broad SMARTS) is 1. The van der Waals surface area contributed by atoms with Crippen molar-refractivity contribution in [1.29, 1.82) is 0 Å². The molecule has 1 heterocycles. The molecule has 0 aliphatic carbocycles. The Labute approximate surface area is 91.8 Å². The van der Waals surface area contributed by atoms with Crippen LogP contribution in [0.4, 0.5) is 0 Å². The molecule has 1 aromatic heterocycles. The Morgan fingerprint density at radius 1 is 1.33 bits per heavy atom. The summed E-state index contributed by atoms with van der Waals surface area (Å²) in [5.74, 6) is -0.883. The second-order valence-corrected chi connectivity index (χ2v) is 4.23. The van der Waals surface area contributed by atoms with E-state index in [2.05, 4.69) is 0 Å². The first kappa shape index (κ1) is 9.93. The van der Waals surface area contributed by atoms with Crippen molar-refractivity contribution in [2.45, 2.75) is 6.92 Å². The highest BCUT2D eigenvalue weighted by Crippen LogP contribution is 2.29. The lowest BCUT2D eigenvalue weighted by molar-refractivity contribution is 0.0697. The lowest BCUT2D eigenvalue weighted by atomic mass is 10.1. The molecule has 1 aromatic carbocycles. The molecule has 0 saturated carbocycles. The molecule has 0 aliphatic heterocycles. The van der Waals surface area contributed by atoms with Crippen LogP contribution in [0.1, 0.15) is 15.9 Å². The summed E-state index contributed by atoms with van der Waals surface area (Å²) in [6.45, 7) is 2.03. The first-order valence-electron chi connectivity index (χ1n) is 4.56. The highest BCUT2D eigenvalue weighted by molar-refractivity contribution is 7.13. The molecular formula is C12H10O2S. The molecular weight excluding hydrogens is 208 g/mol. The molecule has 3 heteroatoms. The minimum atomic E-state index is -0.883. The summed E-state index contributed by atoms with van der Waals surface area (Å²) in [4.78, 5) is 11.9. The van der Waals surface area contributed by atoms with Gasteiger partial charge in [-0.05, 0) is 41.6 Å². The van der Waals surface area contributed by atoms with E-state index < -0.39 is 5.97 Å².